The number of anilines is 2. The minimum absolute atomic E-state index is 0.0210. The highest BCUT2D eigenvalue weighted by atomic mass is 79.9. The summed E-state index contributed by atoms with van der Waals surface area (Å²) in [4.78, 5) is 30.1. The Kier molecular flexibility index (Phi) is 5.58. The molecule has 0 radical (unpaired) electrons. The Morgan fingerprint density at radius 1 is 1.17 bits per heavy atom. The molecule has 30 heavy (non-hydrogen) atoms. The van der Waals surface area contributed by atoms with Crippen molar-refractivity contribution in [1.29, 1.82) is 0 Å². The van der Waals surface area contributed by atoms with Crippen molar-refractivity contribution < 1.29 is 18.4 Å². The molecule has 7 nitrogen and oxygen atoms in total. The van der Waals surface area contributed by atoms with Gasteiger partial charge >= 0.3 is 0 Å². The second-order valence-corrected chi connectivity index (χ2v) is 7.83. The monoisotopic (exact) mass is 475 g/mol. The van der Waals surface area contributed by atoms with Crippen LogP contribution in [0.5, 0.6) is 0 Å². The summed E-state index contributed by atoms with van der Waals surface area (Å²) < 4.78 is 29.5. The molecule has 1 N–H and O–H groups in total. The molecule has 1 aromatic heterocycles. The maximum atomic E-state index is 13.5. The van der Waals surface area contributed by atoms with Crippen molar-refractivity contribution in [3.05, 3.63) is 70.5 Å². The van der Waals surface area contributed by atoms with E-state index in [4.69, 9.17) is 0 Å². The van der Waals surface area contributed by atoms with Crippen LogP contribution < -0.4 is 10.2 Å². The Labute approximate surface area is 178 Å². The molecule has 154 valence electrons. The number of benzene rings is 2. The first-order valence-electron chi connectivity index (χ1n) is 9.08. The molecular weight excluding hydrogens is 460 g/mol. The van der Waals surface area contributed by atoms with E-state index in [9.17, 15) is 18.4 Å². The standard InChI is InChI=1S/C20H16BrF2N5O2/c21-14-3-1-12(2-4-14)9-27-11-24-20(26-27)25-19(30)13-5-18(29)28(10-13)17-7-15(22)6-16(23)8-17/h1-4,6-8,11,13H,5,9-10H2,(H,25,26,30). The quantitative estimate of drug-likeness (QED) is 0.613. The lowest BCUT2D eigenvalue weighted by molar-refractivity contribution is -0.122. The number of rotatable bonds is 5. The molecule has 2 amide bonds. The predicted molar refractivity (Wildman–Crippen MR) is 109 cm³/mol. The van der Waals surface area contributed by atoms with Gasteiger partial charge in [-0.2, -0.15) is 0 Å². The van der Waals surface area contributed by atoms with Gasteiger partial charge in [-0.15, -0.1) is 5.10 Å². The first kappa shape index (κ1) is 20.1. The molecular formula is C20H16BrF2N5O2. The zero-order valence-corrected chi connectivity index (χ0v) is 17.1. The average molecular weight is 476 g/mol. The summed E-state index contributed by atoms with van der Waals surface area (Å²) in [5, 5.41) is 6.82. The summed E-state index contributed by atoms with van der Waals surface area (Å²) in [6.45, 7) is 0.504. The predicted octanol–water partition coefficient (Wildman–Crippen LogP) is 3.36. The Bertz CT molecular complexity index is 1080. The van der Waals surface area contributed by atoms with Crippen LogP contribution in [0.2, 0.25) is 0 Å². The summed E-state index contributed by atoms with van der Waals surface area (Å²) >= 11 is 3.38. The minimum Gasteiger partial charge on any atom is -0.311 e. The van der Waals surface area contributed by atoms with Crippen molar-refractivity contribution in [2.45, 2.75) is 13.0 Å². The normalized spacial score (nSPS) is 16.2. The second kappa shape index (κ2) is 8.31. The molecule has 2 heterocycles. The van der Waals surface area contributed by atoms with Gasteiger partial charge in [0.15, 0.2) is 0 Å². The van der Waals surface area contributed by atoms with Crippen LogP contribution in [-0.4, -0.2) is 33.1 Å². The smallest absolute Gasteiger partial charge is 0.248 e. The van der Waals surface area contributed by atoms with E-state index in [0.29, 0.717) is 6.54 Å². The lowest BCUT2D eigenvalue weighted by Gasteiger charge is -2.16. The van der Waals surface area contributed by atoms with Crippen LogP contribution in [0.25, 0.3) is 0 Å². The van der Waals surface area contributed by atoms with Crippen LogP contribution in [-0.2, 0) is 16.1 Å². The fourth-order valence-electron chi connectivity index (χ4n) is 3.25. The van der Waals surface area contributed by atoms with Gasteiger partial charge in [0.25, 0.3) is 0 Å². The minimum atomic E-state index is -0.786. The van der Waals surface area contributed by atoms with Gasteiger partial charge in [-0.3, -0.25) is 14.9 Å². The van der Waals surface area contributed by atoms with E-state index in [1.165, 1.54) is 11.2 Å². The lowest BCUT2D eigenvalue weighted by Crippen LogP contribution is -2.28. The van der Waals surface area contributed by atoms with E-state index >= 15 is 0 Å². The molecule has 10 heteroatoms. The van der Waals surface area contributed by atoms with Crippen molar-refractivity contribution in [1.82, 2.24) is 14.8 Å². The molecule has 0 bridgehead atoms. The van der Waals surface area contributed by atoms with Gasteiger partial charge in [-0.25, -0.2) is 18.4 Å². The number of nitrogens with one attached hydrogen (secondary N) is 1. The fraction of sp³-hybridized carbons (Fsp3) is 0.200. The van der Waals surface area contributed by atoms with Gasteiger partial charge in [0.1, 0.15) is 18.0 Å². The zero-order chi connectivity index (χ0) is 21.3. The number of hydrogen-bond donors (Lipinski definition) is 1. The Morgan fingerprint density at radius 2 is 1.87 bits per heavy atom. The number of nitrogens with zero attached hydrogens (tertiary/aromatic N) is 4. The molecule has 1 fully saturated rings. The number of hydrogen-bond acceptors (Lipinski definition) is 4. The fourth-order valence-corrected chi connectivity index (χ4v) is 3.51. The zero-order valence-electron chi connectivity index (χ0n) is 15.6. The largest absolute Gasteiger partial charge is 0.311 e. The van der Waals surface area contributed by atoms with E-state index in [-0.39, 0.29) is 30.5 Å². The third-order valence-corrected chi connectivity index (χ3v) is 5.21. The van der Waals surface area contributed by atoms with E-state index in [1.807, 2.05) is 24.3 Å². The Morgan fingerprint density at radius 3 is 2.57 bits per heavy atom. The summed E-state index contributed by atoms with van der Waals surface area (Å²) in [5.41, 5.74) is 1.10. The van der Waals surface area contributed by atoms with E-state index in [0.717, 1.165) is 28.2 Å². The highest BCUT2D eigenvalue weighted by Gasteiger charge is 2.35. The van der Waals surface area contributed by atoms with Crippen molar-refractivity contribution in [2.75, 3.05) is 16.8 Å². The van der Waals surface area contributed by atoms with Crippen molar-refractivity contribution >= 4 is 39.4 Å². The molecule has 3 aromatic rings. The maximum Gasteiger partial charge on any atom is 0.248 e. The first-order chi connectivity index (χ1) is 14.4. The molecule has 1 atom stereocenters. The molecule has 1 aliphatic rings. The highest BCUT2D eigenvalue weighted by Crippen LogP contribution is 2.27. The Hall–Kier alpha value is -3.14. The number of halogens is 3. The van der Waals surface area contributed by atoms with Gasteiger partial charge < -0.3 is 4.90 Å². The third-order valence-electron chi connectivity index (χ3n) is 4.68. The number of carbonyl (C=O) groups is 2. The molecule has 4 rings (SSSR count). The van der Waals surface area contributed by atoms with Crippen LogP contribution in [0.15, 0.2) is 53.3 Å². The Balaban J connectivity index is 1.39. The van der Waals surface area contributed by atoms with Gasteiger partial charge in [0.05, 0.1) is 12.5 Å². The topological polar surface area (TPSA) is 80.1 Å². The van der Waals surface area contributed by atoms with Gasteiger partial charge in [0.2, 0.25) is 17.8 Å². The van der Waals surface area contributed by atoms with Crippen LogP contribution >= 0.6 is 15.9 Å². The summed E-state index contributed by atoms with van der Waals surface area (Å²) in [6, 6.07) is 10.6. The van der Waals surface area contributed by atoms with Crippen LogP contribution in [0, 0.1) is 17.6 Å². The molecule has 0 aliphatic carbocycles. The molecule has 0 saturated carbocycles. The molecule has 0 spiro atoms. The SMILES string of the molecule is O=C(Nc1ncn(Cc2ccc(Br)cc2)n1)C1CC(=O)N(c2cc(F)cc(F)c2)C1. The molecule has 1 unspecified atom stereocenters. The molecule has 1 aliphatic heterocycles. The van der Waals surface area contributed by atoms with Crippen LogP contribution in [0.4, 0.5) is 20.4 Å². The van der Waals surface area contributed by atoms with Gasteiger partial charge in [-0.1, -0.05) is 28.1 Å². The van der Waals surface area contributed by atoms with Crippen molar-refractivity contribution in [2.24, 2.45) is 5.92 Å². The second-order valence-electron chi connectivity index (χ2n) is 6.91. The first-order valence-corrected chi connectivity index (χ1v) is 9.88. The van der Waals surface area contributed by atoms with Crippen LogP contribution in [0.1, 0.15) is 12.0 Å². The lowest BCUT2D eigenvalue weighted by atomic mass is 10.1. The summed E-state index contributed by atoms with van der Waals surface area (Å²) in [6.07, 6.45) is 1.43. The number of amides is 2. The third kappa shape index (κ3) is 4.54. The number of carbonyl (C=O) groups excluding carboxylic acids is 2. The van der Waals surface area contributed by atoms with Gasteiger partial charge in [0, 0.05) is 29.2 Å². The summed E-state index contributed by atoms with van der Waals surface area (Å²) in [5.74, 6) is -2.93. The van der Waals surface area contributed by atoms with E-state index in [2.05, 4.69) is 31.3 Å². The number of aromatic nitrogens is 3. The van der Waals surface area contributed by atoms with E-state index in [1.54, 1.807) is 4.68 Å². The van der Waals surface area contributed by atoms with Crippen molar-refractivity contribution in [3.8, 4) is 0 Å². The average Bonchev–Trinajstić information content (AvgIpc) is 3.29. The maximum absolute atomic E-state index is 13.5. The van der Waals surface area contributed by atoms with Gasteiger partial charge in [-0.05, 0) is 29.8 Å². The highest BCUT2D eigenvalue weighted by molar-refractivity contribution is 9.10. The summed E-state index contributed by atoms with van der Waals surface area (Å²) in [7, 11) is 0. The van der Waals surface area contributed by atoms with E-state index < -0.39 is 23.5 Å². The van der Waals surface area contributed by atoms with Crippen LogP contribution in [0.3, 0.4) is 0 Å². The molecule has 1 saturated heterocycles. The van der Waals surface area contributed by atoms with Crippen molar-refractivity contribution in [3.63, 3.8) is 0 Å². The molecule has 2 aromatic carbocycles.